The van der Waals surface area contributed by atoms with Crippen molar-refractivity contribution < 1.29 is 9.53 Å². The molecule has 0 saturated carbocycles. The third-order valence-electron chi connectivity index (χ3n) is 4.50. The molecular weight excluding hydrogens is 442 g/mol. The molecule has 0 aliphatic rings. The van der Waals surface area contributed by atoms with Crippen molar-refractivity contribution in [2.45, 2.75) is 31.2 Å². The molecule has 0 aliphatic heterocycles. The fourth-order valence-corrected chi connectivity index (χ4v) is 4.85. The van der Waals surface area contributed by atoms with E-state index < -0.39 is 0 Å². The first-order chi connectivity index (χ1) is 15.6. The van der Waals surface area contributed by atoms with E-state index in [9.17, 15) is 4.79 Å². The SMILES string of the molecule is CCOc1ccc(-n2c(Cc3ccccc3)nnc2SCc2csc(NC(C)=O)n2)cc1. The molecule has 9 heteroatoms. The number of aromatic nitrogens is 4. The molecule has 7 nitrogen and oxygen atoms in total. The zero-order valence-corrected chi connectivity index (χ0v) is 19.4. The second-order valence-corrected chi connectivity index (χ2v) is 8.74. The highest BCUT2D eigenvalue weighted by Gasteiger charge is 2.16. The second kappa shape index (κ2) is 10.4. The zero-order chi connectivity index (χ0) is 22.3. The quantitative estimate of drug-likeness (QED) is 0.352. The van der Waals surface area contributed by atoms with Crippen LogP contribution in [-0.2, 0) is 17.0 Å². The van der Waals surface area contributed by atoms with Gasteiger partial charge in [0.1, 0.15) is 11.6 Å². The second-order valence-electron chi connectivity index (χ2n) is 6.94. The summed E-state index contributed by atoms with van der Waals surface area (Å²) in [6.07, 6.45) is 0.672. The molecule has 32 heavy (non-hydrogen) atoms. The van der Waals surface area contributed by atoms with Crippen LogP contribution in [0.2, 0.25) is 0 Å². The van der Waals surface area contributed by atoms with E-state index >= 15 is 0 Å². The fourth-order valence-electron chi connectivity index (χ4n) is 3.12. The van der Waals surface area contributed by atoms with Crippen molar-refractivity contribution in [2.24, 2.45) is 0 Å². The largest absolute Gasteiger partial charge is 0.494 e. The van der Waals surface area contributed by atoms with E-state index in [1.807, 2.05) is 54.8 Å². The first-order valence-corrected chi connectivity index (χ1v) is 12.0. The summed E-state index contributed by atoms with van der Waals surface area (Å²) in [5.74, 6) is 2.19. The molecule has 1 N–H and O–H groups in total. The van der Waals surface area contributed by atoms with E-state index in [1.165, 1.54) is 23.8 Å². The van der Waals surface area contributed by atoms with E-state index in [0.717, 1.165) is 28.1 Å². The van der Waals surface area contributed by atoms with Gasteiger partial charge >= 0.3 is 0 Å². The fraction of sp³-hybridized carbons (Fsp3) is 0.217. The number of amides is 1. The maximum atomic E-state index is 11.2. The standard InChI is InChI=1S/C23H23N5O2S2/c1-3-30-20-11-9-19(10-12-20)28-21(13-17-7-5-4-6-8-17)26-27-23(28)32-15-18-14-31-22(25-18)24-16(2)29/h4-12,14H,3,13,15H2,1-2H3,(H,24,25,29). The minimum Gasteiger partial charge on any atom is -0.494 e. The first kappa shape index (κ1) is 22.0. The Kier molecular flexibility index (Phi) is 7.18. The van der Waals surface area contributed by atoms with E-state index in [-0.39, 0.29) is 5.91 Å². The van der Waals surface area contributed by atoms with Crippen LogP contribution in [0.1, 0.15) is 30.9 Å². The number of thioether (sulfide) groups is 1. The molecule has 0 atom stereocenters. The van der Waals surface area contributed by atoms with Gasteiger partial charge in [-0.1, -0.05) is 42.1 Å². The molecule has 164 valence electrons. The van der Waals surface area contributed by atoms with Crippen LogP contribution in [0.5, 0.6) is 5.75 Å². The molecule has 0 unspecified atom stereocenters. The highest BCUT2D eigenvalue weighted by atomic mass is 32.2. The van der Waals surface area contributed by atoms with Gasteiger partial charge in [-0.2, -0.15) is 0 Å². The van der Waals surface area contributed by atoms with Gasteiger partial charge in [0.05, 0.1) is 12.3 Å². The lowest BCUT2D eigenvalue weighted by atomic mass is 10.1. The van der Waals surface area contributed by atoms with Crippen LogP contribution in [-0.4, -0.2) is 32.3 Å². The van der Waals surface area contributed by atoms with Gasteiger partial charge in [-0.05, 0) is 36.8 Å². The maximum Gasteiger partial charge on any atom is 0.223 e. The van der Waals surface area contributed by atoms with Crippen LogP contribution >= 0.6 is 23.1 Å². The smallest absolute Gasteiger partial charge is 0.223 e. The molecule has 0 spiro atoms. The maximum absolute atomic E-state index is 11.2. The van der Waals surface area contributed by atoms with Crippen molar-refractivity contribution in [1.82, 2.24) is 19.7 Å². The first-order valence-electron chi connectivity index (χ1n) is 10.2. The lowest BCUT2D eigenvalue weighted by Gasteiger charge is -2.11. The average Bonchev–Trinajstić information content (AvgIpc) is 3.40. The molecule has 2 aromatic carbocycles. The lowest BCUT2D eigenvalue weighted by Crippen LogP contribution is -2.05. The minimum atomic E-state index is -0.126. The highest BCUT2D eigenvalue weighted by Crippen LogP contribution is 2.28. The zero-order valence-electron chi connectivity index (χ0n) is 17.8. The third kappa shape index (κ3) is 5.54. The van der Waals surface area contributed by atoms with E-state index in [4.69, 9.17) is 4.74 Å². The monoisotopic (exact) mass is 465 g/mol. The Balaban J connectivity index is 1.59. The van der Waals surface area contributed by atoms with Crippen molar-refractivity contribution >= 4 is 34.1 Å². The summed E-state index contributed by atoms with van der Waals surface area (Å²) >= 11 is 2.98. The summed E-state index contributed by atoms with van der Waals surface area (Å²) in [6, 6.07) is 18.2. The Hall–Kier alpha value is -3.17. The molecule has 0 saturated heterocycles. The molecule has 1 amide bonds. The predicted octanol–water partition coefficient (Wildman–Crippen LogP) is 4.96. The van der Waals surface area contributed by atoms with Crippen molar-refractivity contribution in [3.8, 4) is 11.4 Å². The van der Waals surface area contributed by atoms with Gasteiger partial charge in [-0.3, -0.25) is 9.36 Å². The highest BCUT2D eigenvalue weighted by molar-refractivity contribution is 7.98. The molecule has 0 radical (unpaired) electrons. The number of ether oxygens (including phenoxy) is 1. The van der Waals surface area contributed by atoms with Gasteiger partial charge in [-0.15, -0.1) is 21.5 Å². The lowest BCUT2D eigenvalue weighted by molar-refractivity contribution is -0.114. The van der Waals surface area contributed by atoms with Crippen LogP contribution in [0.25, 0.3) is 5.69 Å². The van der Waals surface area contributed by atoms with Crippen LogP contribution in [0.15, 0.2) is 65.1 Å². The van der Waals surface area contributed by atoms with Crippen LogP contribution in [0.4, 0.5) is 5.13 Å². The summed E-state index contributed by atoms with van der Waals surface area (Å²) in [5, 5.41) is 15.0. The summed E-state index contributed by atoms with van der Waals surface area (Å²) in [5.41, 5.74) is 3.03. The van der Waals surface area contributed by atoms with Crippen molar-refractivity contribution in [1.29, 1.82) is 0 Å². The summed E-state index contributed by atoms with van der Waals surface area (Å²) in [4.78, 5) is 15.7. The Morgan fingerprint density at radius 2 is 1.91 bits per heavy atom. The number of hydrogen-bond acceptors (Lipinski definition) is 7. The van der Waals surface area contributed by atoms with Crippen LogP contribution in [0, 0.1) is 0 Å². The van der Waals surface area contributed by atoms with Crippen molar-refractivity contribution in [3.63, 3.8) is 0 Å². The third-order valence-corrected chi connectivity index (χ3v) is 6.26. The predicted molar refractivity (Wildman–Crippen MR) is 128 cm³/mol. The van der Waals surface area contributed by atoms with Gasteiger partial charge in [0, 0.05) is 30.2 Å². The number of rotatable bonds is 9. The van der Waals surface area contributed by atoms with E-state index in [2.05, 4.69) is 37.2 Å². The van der Waals surface area contributed by atoms with Crippen molar-refractivity contribution in [2.75, 3.05) is 11.9 Å². The topological polar surface area (TPSA) is 81.9 Å². The number of benzene rings is 2. The Morgan fingerprint density at radius 3 is 2.62 bits per heavy atom. The summed E-state index contributed by atoms with van der Waals surface area (Å²) in [7, 11) is 0. The number of nitrogens with zero attached hydrogens (tertiary/aromatic N) is 4. The molecule has 4 aromatic rings. The number of thiazole rings is 1. The number of nitrogens with one attached hydrogen (secondary N) is 1. The van der Waals surface area contributed by atoms with E-state index in [1.54, 1.807) is 11.8 Å². The van der Waals surface area contributed by atoms with Crippen LogP contribution < -0.4 is 10.1 Å². The van der Waals surface area contributed by atoms with E-state index in [0.29, 0.717) is 23.9 Å². The number of hydrogen-bond donors (Lipinski definition) is 1. The molecule has 0 bridgehead atoms. The molecule has 2 heterocycles. The molecule has 4 rings (SSSR count). The van der Waals surface area contributed by atoms with Gasteiger partial charge in [0.25, 0.3) is 0 Å². The van der Waals surface area contributed by atoms with Crippen molar-refractivity contribution in [3.05, 3.63) is 77.1 Å². The molecular formula is C23H23N5O2S2. The number of carbonyl (C=O) groups is 1. The molecule has 2 aromatic heterocycles. The Labute approximate surface area is 194 Å². The summed E-state index contributed by atoms with van der Waals surface area (Å²) in [6.45, 7) is 4.07. The normalized spacial score (nSPS) is 10.8. The number of anilines is 1. The van der Waals surface area contributed by atoms with Gasteiger partial charge in [0.15, 0.2) is 10.3 Å². The molecule has 0 fully saturated rings. The average molecular weight is 466 g/mol. The summed E-state index contributed by atoms with van der Waals surface area (Å²) < 4.78 is 7.66. The number of carbonyl (C=O) groups excluding carboxylic acids is 1. The molecule has 0 aliphatic carbocycles. The van der Waals surface area contributed by atoms with Gasteiger partial charge < -0.3 is 10.1 Å². The van der Waals surface area contributed by atoms with Gasteiger partial charge in [-0.25, -0.2) is 4.98 Å². The minimum absolute atomic E-state index is 0.126. The van der Waals surface area contributed by atoms with Gasteiger partial charge in [0.2, 0.25) is 5.91 Å². The van der Waals surface area contributed by atoms with Crippen LogP contribution in [0.3, 0.4) is 0 Å². The Morgan fingerprint density at radius 1 is 1.12 bits per heavy atom. The Bertz CT molecular complexity index is 1170.